The third-order valence-corrected chi connectivity index (χ3v) is 6.69. The van der Waals surface area contributed by atoms with Crippen LogP contribution in [0.5, 0.6) is 0 Å². The number of halogens is 2. The van der Waals surface area contributed by atoms with E-state index in [4.69, 9.17) is 16.3 Å². The second-order valence-corrected chi connectivity index (χ2v) is 11.2. The van der Waals surface area contributed by atoms with Crippen LogP contribution in [-0.2, 0) is 4.74 Å². The molecule has 10 heteroatoms. The fourth-order valence-electron chi connectivity index (χ4n) is 4.72. The summed E-state index contributed by atoms with van der Waals surface area (Å²) in [5.74, 6) is -0.264. The zero-order valence-corrected chi connectivity index (χ0v) is 23.1. The number of aromatic nitrogens is 3. The molecule has 3 heterocycles. The number of aryl methyl sites for hydroxylation is 1. The van der Waals surface area contributed by atoms with E-state index < -0.39 is 23.2 Å². The van der Waals surface area contributed by atoms with Crippen molar-refractivity contribution in [3.63, 3.8) is 0 Å². The van der Waals surface area contributed by atoms with Crippen molar-refractivity contribution in [3.05, 3.63) is 56.8 Å². The van der Waals surface area contributed by atoms with Crippen LogP contribution in [0.15, 0.2) is 29.1 Å². The summed E-state index contributed by atoms with van der Waals surface area (Å²) < 4.78 is 21.7. The zero-order valence-electron chi connectivity index (χ0n) is 22.3. The minimum atomic E-state index is -0.698. The van der Waals surface area contributed by atoms with Crippen molar-refractivity contribution in [2.45, 2.75) is 66.0 Å². The van der Waals surface area contributed by atoms with Crippen LogP contribution in [0.1, 0.15) is 58.6 Å². The normalized spacial score (nSPS) is 16.5. The number of para-hydroxylation sites is 1. The highest BCUT2D eigenvalue weighted by atomic mass is 35.5. The Bertz CT molecular complexity index is 1420. The Morgan fingerprint density at radius 3 is 2.54 bits per heavy atom. The first-order chi connectivity index (χ1) is 17.3. The summed E-state index contributed by atoms with van der Waals surface area (Å²) in [4.78, 5) is 38.5. The number of pyridine rings is 1. The van der Waals surface area contributed by atoms with Crippen molar-refractivity contribution in [2.75, 3.05) is 24.5 Å². The van der Waals surface area contributed by atoms with Gasteiger partial charge in [-0.25, -0.2) is 23.5 Å². The van der Waals surface area contributed by atoms with Crippen LogP contribution >= 0.6 is 11.6 Å². The van der Waals surface area contributed by atoms with Gasteiger partial charge in [0.25, 0.3) is 0 Å². The van der Waals surface area contributed by atoms with Gasteiger partial charge < -0.3 is 14.5 Å². The molecule has 198 valence electrons. The van der Waals surface area contributed by atoms with Crippen LogP contribution in [0.2, 0.25) is 5.15 Å². The maximum absolute atomic E-state index is 14.7. The number of hydrogen-bond acceptors (Lipinski definition) is 6. The molecule has 0 bridgehead atoms. The van der Waals surface area contributed by atoms with E-state index in [1.807, 2.05) is 71.6 Å². The van der Waals surface area contributed by atoms with Crippen molar-refractivity contribution in [3.8, 4) is 5.69 Å². The number of rotatable bonds is 3. The minimum Gasteiger partial charge on any atom is -0.444 e. The molecule has 3 aromatic rings. The van der Waals surface area contributed by atoms with Crippen LogP contribution in [0.3, 0.4) is 0 Å². The summed E-state index contributed by atoms with van der Waals surface area (Å²) in [6.07, 6.45) is -0.396. The molecule has 8 nitrogen and oxygen atoms in total. The van der Waals surface area contributed by atoms with Gasteiger partial charge >= 0.3 is 11.8 Å². The number of ether oxygens (including phenoxy) is 1. The number of carbonyl (C=O) groups is 1. The van der Waals surface area contributed by atoms with Gasteiger partial charge in [0.2, 0.25) is 0 Å². The number of nitrogens with zero attached hydrogens (tertiary/aromatic N) is 5. The van der Waals surface area contributed by atoms with Gasteiger partial charge in [-0.3, -0.25) is 0 Å². The average molecular weight is 530 g/mol. The first-order valence-corrected chi connectivity index (χ1v) is 12.8. The van der Waals surface area contributed by atoms with E-state index in [0.717, 1.165) is 11.1 Å². The Morgan fingerprint density at radius 1 is 1.22 bits per heavy atom. The van der Waals surface area contributed by atoms with E-state index in [1.165, 1.54) is 10.6 Å². The number of hydrogen-bond donors (Lipinski definition) is 0. The monoisotopic (exact) mass is 529 g/mol. The lowest BCUT2D eigenvalue weighted by atomic mass is 9.98. The lowest BCUT2D eigenvalue weighted by molar-refractivity contribution is 0.0218. The quantitative estimate of drug-likeness (QED) is 0.420. The number of fused-ring (bicyclic) bond motifs is 1. The van der Waals surface area contributed by atoms with Crippen LogP contribution in [0.25, 0.3) is 16.7 Å². The lowest BCUT2D eigenvalue weighted by Gasteiger charge is -2.41. The van der Waals surface area contributed by atoms with Crippen molar-refractivity contribution >= 4 is 34.5 Å². The number of piperazine rings is 1. The van der Waals surface area contributed by atoms with Crippen LogP contribution in [0, 0.1) is 12.7 Å². The molecule has 0 N–H and O–H groups in total. The van der Waals surface area contributed by atoms with Crippen molar-refractivity contribution < 1.29 is 13.9 Å². The third-order valence-electron chi connectivity index (χ3n) is 6.42. The molecule has 1 unspecified atom stereocenters. The highest BCUT2D eigenvalue weighted by Crippen LogP contribution is 2.32. The smallest absolute Gasteiger partial charge is 0.410 e. The molecule has 1 aromatic carbocycles. The van der Waals surface area contributed by atoms with Crippen molar-refractivity contribution in [1.82, 2.24) is 19.4 Å². The molecule has 1 aliphatic rings. The highest BCUT2D eigenvalue weighted by molar-refractivity contribution is 6.30. The van der Waals surface area contributed by atoms with E-state index in [1.54, 1.807) is 4.90 Å². The number of benzene rings is 1. The summed E-state index contributed by atoms with van der Waals surface area (Å²) >= 11 is 6.12. The molecule has 1 aliphatic heterocycles. The second-order valence-electron chi connectivity index (χ2n) is 10.8. The van der Waals surface area contributed by atoms with E-state index in [9.17, 15) is 14.0 Å². The number of carbonyl (C=O) groups excluding carboxylic acids is 1. The minimum absolute atomic E-state index is 0.119. The standard InChI is InChI=1S/C27H33ClFN5O3/c1-15(2)18-10-8-9-16(3)21(18)34-24-19(13-20(29)22(28)30-24)23(31-25(34)35)33-12-11-32(14-17(33)4)26(36)37-27(5,6)7/h8-10,13,15,17H,11-12,14H2,1-7H3. The molecule has 0 radical (unpaired) electrons. The molecular formula is C27H33ClFN5O3. The van der Waals surface area contributed by atoms with Crippen molar-refractivity contribution in [2.24, 2.45) is 0 Å². The Morgan fingerprint density at radius 2 is 1.92 bits per heavy atom. The fourth-order valence-corrected chi connectivity index (χ4v) is 4.86. The fraction of sp³-hybridized carbons (Fsp3) is 0.481. The Hall–Kier alpha value is -3.20. The molecule has 1 fully saturated rings. The zero-order chi connectivity index (χ0) is 27.2. The summed E-state index contributed by atoms with van der Waals surface area (Å²) in [7, 11) is 0. The highest BCUT2D eigenvalue weighted by Gasteiger charge is 2.32. The van der Waals surface area contributed by atoms with Gasteiger partial charge in [-0.1, -0.05) is 43.6 Å². The lowest BCUT2D eigenvalue weighted by Crippen LogP contribution is -2.55. The summed E-state index contributed by atoms with van der Waals surface area (Å²) in [6, 6.07) is 6.88. The van der Waals surface area contributed by atoms with E-state index in [0.29, 0.717) is 36.5 Å². The van der Waals surface area contributed by atoms with Crippen LogP contribution < -0.4 is 10.6 Å². The molecule has 0 aliphatic carbocycles. The molecule has 4 rings (SSSR count). The van der Waals surface area contributed by atoms with Gasteiger partial charge in [-0.05, 0) is 57.7 Å². The summed E-state index contributed by atoms with van der Waals surface area (Å²) in [6.45, 7) is 14.5. The predicted molar refractivity (Wildman–Crippen MR) is 144 cm³/mol. The molecule has 37 heavy (non-hydrogen) atoms. The maximum atomic E-state index is 14.7. The molecule has 1 amide bonds. The number of anilines is 1. The molecule has 1 saturated heterocycles. The molecule has 1 atom stereocenters. The second kappa shape index (κ2) is 9.93. The largest absolute Gasteiger partial charge is 0.444 e. The van der Waals surface area contributed by atoms with E-state index in [2.05, 4.69) is 9.97 Å². The predicted octanol–water partition coefficient (Wildman–Crippen LogP) is 5.45. The number of amides is 1. The summed E-state index contributed by atoms with van der Waals surface area (Å²) in [5, 5.41) is 0.0531. The molecular weight excluding hydrogens is 497 g/mol. The Labute approximate surface area is 221 Å². The Kier molecular flexibility index (Phi) is 7.21. The van der Waals surface area contributed by atoms with Gasteiger partial charge in [0, 0.05) is 25.7 Å². The first-order valence-electron chi connectivity index (χ1n) is 12.4. The SMILES string of the molecule is Cc1cccc(C(C)C)c1-n1c(=O)nc(N2CCN(C(=O)OC(C)(C)C)CC2C)c2cc(F)c(Cl)nc21. The van der Waals surface area contributed by atoms with Gasteiger partial charge in [0.15, 0.2) is 16.6 Å². The summed E-state index contributed by atoms with van der Waals surface area (Å²) in [5.41, 5.74) is 1.58. The van der Waals surface area contributed by atoms with E-state index >= 15 is 0 Å². The first kappa shape index (κ1) is 26.9. The van der Waals surface area contributed by atoms with Gasteiger partial charge in [0.05, 0.1) is 11.1 Å². The molecule has 0 saturated carbocycles. The topological polar surface area (TPSA) is 80.6 Å². The maximum Gasteiger partial charge on any atom is 0.410 e. The van der Waals surface area contributed by atoms with Gasteiger partial charge in [-0.15, -0.1) is 0 Å². The van der Waals surface area contributed by atoms with Gasteiger partial charge in [-0.2, -0.15) is 4.98 Å². The van der Waals surface area contributed by atoms with Crippen LogP contribution in [0.4, 0.5) is 15.0 Å². The van der Waals surface area contributed by atoms with Gasteiger partial charge in [0.1, 0.15) is 11.4 Å². The molecule has 2 aromatic heterocycles. The molecule has 0 spiro atoms. The third kappa shape index (κ3) is 5.28. The average Bonchev–Trinajstić information content (AvgIpc) is 2.79. The van der Waals surface area contributed by atoms with Crippen molar-refractivity contribution in [1.29, 1.82) is 0 Å². The van der Waals surface area contributed by atoms with Crippen LogP contribution in [-0.4, -0.2) is 56.8 Å². The van der Waals surface area contributed by atoms with E-state index in [-0.39, 0.29) is 22.8 Å². The Balaban J connectivity index is 1.85.